The van der Waals surface area contributed by atoms with Crippen molar-refractivity contribution in [2.24, 2.45) is 23.7 Å². The normalized spacial score (nSPS) is 40.5. The molecule has 0 spiro atoms. The zero-order valence-electron chi connectivity index (χ0n) is 14.3. The van der Waals surface area contributed by atoms with E-state index in [0.29, 0.717) is 11.8 Å². The molecule has 4 aliphatic carbocycles. The molecule has 0 amide bonds. The molecule has 0 heterocycles. The molecule has 1 N–H and O–H groups in total. The van der Waals surface area contributed by atoms with E-state index in [1.165, 1.54) is 20.3 Å². The number of carbonyl (C=O) groups is 2. The van der Waals surface area contributed by atoms with E-state index in [4.69, 9.17) is 9.47 Å². The van der Waals surface area contributed by atoms with Crippen molar-refractivity contribution in [3.05, 3.63) is 0 Å². The third-order valence-electron chi connectivity index (χ3n) is 6.33. The van der Waals surface area contributed by atoms with E-state index in [2.05, 4.69) is 6.92 Å². The van der Waals surface area contributed by atoms with E-state index < -0.39 is 24.1 Å². The Morgan fingerprint density at radius 3 is 2.00 bits per heavy atom. The molecule has 0 aliphatic heterocycles. The Hall–Kier alpha value is -1.10. The largest absolute Gasteiger partial charge is 0.456 e. The SMILES string of the molecule is CCC1(OC(=O)C(C)OC(=O)C(C)O)C2CC3CC(C2)CC1C3. The van der Waals surface area contributed by atoms with Crippen molar-refractivity contribution in [1.29, 1.82) is 0 Å². The molecule has 4 bridgehead atoms. The van der Waals surface area contributed by atoms with Gasteiger partial charge in [0.1, 0.15) is 11.7 Å². The topological polar surface area (TPSA) is 72.8 Å². The summed E-state index contributed by atoms with van der Waals surface area (Å²) in [5, 5.41) is 9.21. The second-order valence-corrected chi connectivity index (χ2v) is 7.79. The number of hydrogen-bond acceptors (Lipinski definition) is 5. The van der Waals surface area contributed by atoms with Gasteiger partial charge in [-0.1, -0.05) is 6.92 Å². The molecule has 4 fully saturated rings. The van der Waals surface area contributed by atoms with Crippen molar-refractivity contribution >= 4 is 11.9 Å². The molecule has 4 aliphatic rings. The molecule has 130 valence electrons. The van der Waals surface area contributed by atoms with Crippen LogP contribution >= 0.6 is 0 Å². The number of aliphatic hydroxyl groups excluding tert-OH is 1. The summed E-state index contributed by atoms with van der Waals surface area (Å²) in [6.45, 7) is 4.94. The van der Waals surface area contributed by atoms with Gasteiger partial charge in [0.05, 0.1) is 0 Å². The van der Waals surface area contributed by atoms with E-state index in [0.717, 1.165) is 43.9 Å². The Kier molecular flexibility index (Phi) is 4.43. The molecule has 0 radical (unpaired) electrons. The zero-order chi connectivity index (χ0) is 16.8. The highest BCUT2D eigenvalue weighted by Crippen LogP contribution is 2.60. The summed E-state index contributed by atoms with van der Waals surface area (Å²) in [5.41, 5.74) is -0.379. The van der Waals surface area contributed by atoms with Gasteiger partial charge >= 0.3 is 11.9 Å². The second kappa shape index (κ2) is 6.08. The first-order valence-corrected chi connectivity index (χ1v) is 8.97. The van der Waals surface area contributed by atoms with Crippen LogP contribution in [0.2, 0.25) is 0 Å². The van der Waals surface area contributed by atoms with Gasteiger partial charge in [0.15, 0.2) is 6.10 Å². The number of carbonyl (C=O) groups excluding carboxylic acids is 2. The highest BCUT2D eigenvalue weighted by Gasteiger charge is 2.58. The Labute approximate surface area is 137 Å². The van der Waals surface area contributed by atoms with Gasteiger partial charge < -0.3 is 14.6 Å². The molecule has 5 nitrogen and oxygen atoms in total. The van der Waals surface area contributed by atoms with Crippen molar-refractivity contribution < 1.29 is 24.2 Å². The van der Waals surface area contributed by atoms with Crippen molar-refractivity contribution in [2.45, 2.75) is 77.1 Å². The van der Waals surface area contributed by atoms with E-state index in [-0.39, 0.29) is 5.60 Å². The van der Waals surface area contributed by atoms with Crippen molar-refractivity contribution in [3.63, 3.8) is 0 Å². The van der Waals surface area contributed by atoms with Crippen LogP contribution in [0.1, 0.15) is 59.3 Å². The lowest BCUT2D eigenvalue weighted by molar-refractivity contribution is -0.219. The Morgan fingerprint density at radius 1 is 1.04 bits per heavy atom. The number of ether oxygens (including phenoxy) is 2. The number of aliphatic hydroxyl groups is 1. The van der Waals surface area contributed by atoms with Gasteiger partial charge in [-0.15, -0.1) is 0 Å². The van der Waals surface area contributed by atoms with Crippen LogP contribution in [-0.2, 0) is 19.1 Å². The van der Waals surface area contributed by atoms with Gasteiger partial charge in [0, 0.05) is 0 Å². The number of rotatable bonds is 5. The zero-order valence-corrected chi connectivity index (χ0v) is 14.3. The number of hydrogen-bond donors (Lipinski definition) is 1. The van der Waals surface area contributed by atoms with E-state index in [9.17, 15) is 14.7 Å². The predicted octanol–water partition coefficient (Wildman–Crippen LogP) is 2.45. The van der Waals surface area contributed by atoms with Crippen molar-refractivity contribution in [3.8, 4) is 0 Å². The molecular weight excluding hydrogens is 296 g/mol. The van der Waals surface area contributed by atoms with Crippen LogP contribution in [0.4, 0.5) is 0 Å². The summed E-state index contributed by atoms with van der Waals surface area (Å²) in [5.74, 6) is 1.25. The maximum atomic E-state index is 12.5. The monoisotopic (exact) mass is 324 g/mol. The molecule has 0 aromatic rings. The molecule has 23 heavy (non-hydrogen) atoms. The maximum absolute atomic E-state index is 12.5. The highest BCUT2D eigenvalue weighted by atomic mass is 16.6. The molecule has 0 aromatic carbocycles. The molecular formula is C18H28O5. The van der Waals surface area contributed by atoms with Crippen molar-refractivity contribution in [2.75, 3.05) is 0 Å². The minimum absolute atomic E-state index is 0.379. The fourth-order valence-electron chi connectivity index (χ4n) is 5.39. The summed E-state index contributed by atoms with van der Waals surface area (Å²) in [6.07, 6.45) is 4.62. The summed E-state index contributed by atoms with van der Waals surface area (Å²) in [4.78, 5) is 23.9. The molecule has 0 aromatic heterocycles. The molecule has 2 unspecified atom stereocenters. The lowest BCUT2D eigenvalue weighted by atomic mass is 9.49. The molecule has 2 atom stereocenters. The van der Waals surface area contributed by atoms with Crippen LogP contribution in [0.3, 0.4) is 0 Å². The van der Waals surface area contributed by atoms with Gasteiger partial charge in [-0.25, -0.2) is 9.59 Å². The first-order chi connectivity index (χ1) is 10.9. The van der Waals surface area contributed by atoms with Gasteiger partial charge in [-0.2, -0.15) is 0 Å². The van der Waals surface area contributed by atoms with Crippen LogP contribution in [0.15, 0.2) is 0 Å². The smallest absolute Gasteiger partial charge is 0.347 e. The fourth-order valence-corrected chi connectivity index (χ4v) is 5.39. The average Bonchev–Trinajstić information content (AvgIpc) is 2.49. The molecule has 4 saturated carbocycles. The average molecular weight is 324 g/mol. The predicted molar refractivity (Wildman–Crippen MR) is 83.4 cm³/mol. The summed E-state index contributed by atoms with van der Waals surface area (Å²) in [7, 11) is 0. The highest BCUT2D eigenvalue weighted by molar-refractivity contribution is 5.81. The second-order valence-electron chi connectivity index (χ2n) is 7.79. The minimum Gasteiger partial charge on any atom is -0.456 e. The third kappa shape index (κ3) is 2.88. The van der Waals surface area contributed by atoms with E-state index in [1.54, 1.807) is 0 Å². The van der Waals surface area contributed by atoms with Crippen LogP contribution < -0.4 is 0 Å². The van der Waals surface area contributed by atoms with Gasteiger partial charge in [-0.3, -0.25) is 0 Å². The molecule has 4 rings (SSSR count). The van der Waals surface area contributed by atoms with Gasteiger partial charge in [0.25, 0.3) is 0 Å². The van der Waals surface area contributed by atoms with E-state index in [1.807, 2.05) is 0 Å². The van der Waals surface area contributed by atoms with E-state index >= 15 is 0 Å². The third-order valence-corrected chi connectivity index (χ3v) is 6.33. The van der Waals surface area contributed by atoms with Crippen molar-refractivity contribution in [1.82, 2.24) is 0 Å². The van der Waals surface area contributed by atoms with Crippen LogP contribution in [0.5, 0.6) is 0 Å². The molecule has 5 heteroatoms. The summed E-state index contributed by atoms with van der Waals surface area (Å²) in [6, 6.07) is 0. The Morgan fingerprint density at radius 2 is 1.57 bits per heavy atom. The van der Waals surface area contributed by atoms with Gasteiger partial charge in [-0.05, 0) is 76.0 Å². The molecule has 0 saturated heterocycles. The lowest BCUT2D eigenvalue weighted by Crippen LogP contribution is -2.60. The quantitative estimate of drug-likeness (QED) is 0.786. The summed E-state index contributed by atoms with van der Waals surface area (Å²) < 4.78 is 11.0. The maximum Gasteiger partial charge on any atom is 0.347 e. The first-order valence-electron chi connectivity index (χ1n) is 8.97. The fraction of sp³-hybridized carbons (Fsp3) is 0.889. The van der Waals surface area contributed by atoms with Crippen LogP contribution in [0.25, 0.3) is 0 Å². The first kappa shape index (κ1) is 16.7. The summed E-state index contributed by atoms with van der Waals surface area (Å²) >= 11 is 0. The minimum atomic E-state index is -1.23. The van der Waals surface area contributed by atoms with Crippen LogP contribution in [0, 0.1) is 23.7 Å². The Balaban J connectivity index is 1.69. The van der Waals surface area contributed by atoms with Crippen LogP contribution in [-0.4, -0.2) is 34.9 Å². The lowest BCUT2D eigenvalue weighted by Gasteiger charge is -2.60. The Bertz CT molecular complexity index is 456. The standard InChI is InChI=1S/C18H28O5/c1-4-18(23-17(21)11(3)22-16(20)10(2)19)14-6-12-5-13(8-14)9-15(18)7-12/h10-15,19H,4-9H2,1-3H3. The number of esters is 2. The van der Waals surface area contributed by atoms with Gasteiger partial charge in [0.2, 0.25) is 0 Å².